The Bertz CT molecular complexity index is 937. The molecule has 0 spiro atoms. The summed E-state index contributed by atoms with van der Waals surface area (Å²) in [5.41, 5.74) is 2.02. The summed E-state index contributed by atoms with van der Waals surface area (Å²) < 4.78 is 1.81. The zero-order chi connectivity index (χ0) is 16.7. The molecule has 0 radical (unpaired) electrons. The third-order valence-electron chi connectivity index (χ3n) is 4.55. The summed E-state index contributed by atoms with van der Waals surface area (Å²) >= 11 is 0. The van der Waals surface area contributed by atoms with E-state index in [1.165, 1.54) is 12.4 Å². The summed E-state index contributed by atoms with van der Waals surface area (Å²) in [6.07, 6.45) is 1.54. The van der Waals surface area contributed by atoms with Gasteiger partial charge in [-0.2, -0.15) is 14.6 Å². The number of hydrogen-bond donors (Lipinski definition) is 1. The molecule has 4 rings (SSSR count). The lowest BCUT2D eigenvalue weighted by Gasteiger charge is -2.37. The molecule has 0 amide bonds. The second-order valence-electron chi connectivity index (χ2n) is 5.99. The van der Waals surface area contributed by atoms with Gasteiger partial charge in [0.05, 0.1) is 0 Å². The van der Waals surface area contributed by atoms with Crippen LogP contribution in [0.4, 0.5) is 11.6 Å². The summed E-state index contributed by atoms with van der Waals surface area (Å²) in [5.74, 6) is 2.55. The van der Waals surface area contributed by atoms with E-state index in [9.17, 15) is 4.79 Å². The monoisotopic (exact) mass is 325 g/mol. The summed E-state index contributed by atoms with van der Waals surface area (Å²) in [7, 11) is 0. The normalized spacial score (nSPS) is 15.2. The predicted molar refractivity (Wildman–Crippen MR) is 91.7 cm³/mol. The number of fused-ring (bicyclic) bond motifs is 1. The third kappa shape index (κ3) is 2.40. The number of hydrogen-bond acceptors (Lipinski definition) is 6. The second-order valence-corrected chi connectivity index (χ2v) is 5.99. The molecule has 124 valence electrons. The van der Waals surface area contributed by atoms with Gasteiger partial charge in [0.15, 0.2) is 0 Å². The van der Waals surface area contributed by atoms with Crippen LogP contribution in [0.25, 0.3) is 5.78 Å². The van der Waals surface area contributed by atoms with E-state index in [-0.39, 0.29) is 5.56 Å². The highest BCUT2D eigenvalue weighted by Crippen LogP contribution is 2.24. The van der Waals surface area contributed by atoms with Crippen LogP contribution in [-0.4, -0.2) is 50.7 Å². The number of H-pyrrole nitrogens is 1. The molecule has 1 fully saturated rings. The molecule has 0 aromatic carbocycles. The average Bonchev–Trinajstić information content (AvgIpc) is 3.04. The lowest BCUT2D eigenvalue weighted by atomic mass is 10.2. The molecule has 4 heterocycles. The maximum atomic E-state index is 11.5. The van der Waals surface area contributed by atoms with Crippen LogP contribution in [0.1, 0.15) is 11.3 Å². The molecular weight excluding hydrogens is 306 g/mol. The van der Waals surface area contributed by atoms with Crippen LogP contribution in [0.2, 0.25) is 0 Å². The molecule has 3 aromatic heterocycles. The van der Waals surface area contributed by atoms with E-state index in [4.69, 9.17) is 0 Å². The number of aromatic amines is 1. The Morgan fingerprint density at radius 3 is 2.58 bits per heavy atom. The Labute approximate surface area is 138 Å². The summed E-state index contributed by atoms with van der Waals surface area (Å²) in [6.45, 7) is 7.42. The molecule has 0 aliphatic carbocycles. The first-order valence-corrected chi connectivity index (χ1v) is 7.99. The number of aryl methyl sites for hydroxylation is 1. The zero-order valence-corrected chi connectivity index (χ0v) is 13.7. The summed E-state index contributed by atoms with van der Waals surface area (Å²) in [6, 6.07) is 5.26. The van der Waals surface area contributed by atoms with Gasteiger partial charge in [-0.15, -0.1) is 0 Å². The molecule has 0 bridgehead atoms. The topological polar surface area (TPSA) is 82.4 Å². The van der Waals surface area contributed by atoms with Gasteiger partial charge in [0.25, 0.3) is 5.78 Å². The minimum atomic E-state index is -0.0696. The van der Waals surface area contributed by atoms with E-state index in [2.05, 4.69) is 36.8 Å². The summed E-state index contributed by atoms with van der Waals surface area (Å²) in [5, 5.41) is 4.32. The quantitative estimate of drug-likeness (QED) is 0.749. The van der Waals surface area contributed by atoms with Crippen molar-refractivity contribution >= 4 is 17.4 Å². The van der Waals surface area contributed by atoms with Crippen molar-refractivity contribution in [1.29, 1.82) is 0 Å². The fraction of sp³-hybridized carbons (Fsp3) is 0.375. The number of pyridine rings is 1. The zero-order valence-electron chi connectivity index (χ0n) is 13.7. The number of piperazine rings is 1. The van der Waals surface area contributed by atoms with Gasteiger partial charge in [-0.3, -0.25) is 4.79 Å². The molecule has 8 nitrogen and oxygen atoms in total. The molecule has 1 aliphatic rings. The smallest absolute Gasteiger partial charge is 0.254 e. The molecule has 8 heteroatoms. The van der Waals surface area contributed by atoms with Gasteiger partial charge in [0.2, 0.25) is 5.56 Å². The number of anilines is 2. The van der Waals surface area contributed by atoms with Crippen LogP contribution in [0.5, 0.6) is 0 Å². The molecule has 3 aromatic rings. The standard InChI is InChI=1S/C16H19N7O/c1-11-12(2)19-16-17-10-18-23(16)15(11)22-8-6-21(7-9-22)13-4-3-5-14(24)20-13/h3-5,10H,6-9H2,1-2H3,(H,20,24). The maximum absolute atomic E-state index is 11.5. The first-order chi connectivity index (χ1) is 11.6. The third-order valence-corrected chi connectivity index (χ3v) is 4.55. The molecule has 0 saturated carbocycles. The largest absolute Gasteiger partial charge is 0.355 e. The van der Waals surface area contributed by atoms with Crippen molar-refractivity contribution in [2.45, 2.75) is 13.8 Å². The van der Waals surface area contributed by atoms with E-state index in [1.807, 2.05) is 17.5 Å². The molecule has 0 unspecified atom stereocenters. The highest BCUT2D eigenvalue weighted by Gasteiger charge is 2.23. The fourth-order valence-electron chi connectivity index (χ4n) is 3.17. The molecular formula is C16H19N7O. The van der Waals surface area contributed by atoms with Crippen LogP contribution < -0.4 is 15.4 Å². The first-order valence-electron chi connectivity index (χ1n) is 7.99. The van der Waals surface area contributed by atoms with Crippen LogP contribution in [0.3, 0.4) is 0 Å². The molecule has 1 aliphatic heterocycles. The van der Waals surface area contributed by atoms with E-state index in [0.29, 0.717) is 5.78 Å². The van der Waals surface area contributed by atoms with Gasteiger partial charge in [0.1, 0.15) is 18.0 Å². The second kappa shape index (κ2) is 5.63. The van der Waals surface area contributed by atoms with Gasteiger partial charge in [-0.05, 0) is 19.9 Å². The van der Waals surface area contributed by atoms with E-state index < -0.39 is 0 Å². The van der Waals surface area contributed by atoms with Gasteiger partial charge in [-0.25, -0.2) is 4.98 Å². The minimum Gasteiger partial charge on any atom is -0.355 e. The van der Waals surface area contributed by atoms with E-state index in [1.54, 1.807) is 6.07 Å². The lowest BCUT2D eigenvalue weighted by Crippen LogP contribution is -2.48. The number of aromatic nitrogens is 5. The van der Waals surface area contributed by atoms with Crippen molar-refractivity contribution in [2.75, 3.05) is 36.0 Å². The van der Waals surface area contributed by atoms with Gasteiger partial charge >= 0.3 is 0 Å². The van der Waals surface area contributed by atoms with Gasteiger partial charge in [0, 0.05) is 43.5 Å². The van der Waals surface area contributed by atoms with Crippen LogP contribution in [0, 0.1) is 13.8 Å². The fourth-order valence-corrected chi connectivity index (χ4v) is 3.17. The lowest BCUT2D eigenvalue weighted by molar-refractivity contribution is 0.630. The van der Waals surface area contributed by atoms with Crippen LogP contribution in [0.15, 0.2) is 29.3 Å². The molecule has 24 heavy (non-hydrogen) atoms. The van der Waals surface area contributed by atoms with Crippen LogP contribution in [-0.2, 0) is 0 Å². The highest BCUT2D eigenvalue weighted by atomic mass is 16.1. The predicted octanol–water partition coefficient (Wildman–Crippen LogP) is 0.756. The molecule has 0 atom stereocenters. The Morgan fingerprint density at radius 1 is 1.08 bits per heavy atom. The number of nitrogens with zero attached hydrogens (tertiary/aromatic N) is 6. The van der Waals surface area contributed by atoms with Crippen molar-refractivity contribution in [3.63, 3.8) is 0 Å². The van der Waals surface area contributed by atoms with Crippen molar-refractivity contribution in [1.82, 2.24) is 24.6 Å². The van der Waals surface area contributed by atoms with Gasteiger partial charge in [-0.1, -0.05) is 6.07 Å². The van der Waals surface area contributed by atoms with Crippen molar-refractivity contribution in [3.05, 3.63) is 46.1 Å². The maximum Gasteiger partial charge on any atom is 0.254 e. The van der Waals surface area contributed by atoms with E-state index >= 15 is 0 Å². The van der Waals surface area contributed by atoms with Crippen LogP contribution >= 0.6 is 0 Å². The van der Waals surface area contributed by atoms with Crippen molar-refractivity contribution in [2.24, 2.45) is 0 Å². The highest BCUT2D eigenvalue weighted by molar-refractivity contribution is 5.55. The summed E-state index contributed by atoms with van der Waals surface area (Å²) in [4.78, 5) is 27.6. The molecule has 1 N–H and O–H groups in total. The Morgan fingerprint density at radius 2 is 1.83 bits per heavy atom. The van der Waals surface area contributed by atoms with Crippen molar-refractivity contribution < 1.29 is 0 Å². The Balaban J connectivity index is 1.61. The number of nitrogens with one attached hydrogen (secondary N) is 1. The Hall–Kier alpha value is -2.90. The number of rotatable bonds is 2. The van der Waals surface area contributed by atoms with Gasteiger partial charge < -0.3 is 14.8 Å². The average molecular weight is 325 g/mol. The Kier molecular flexibility index (Phi) is 3.44. The molecule has 1 saturated heterocycles. The van der Waals surface area contributed by atoms with Crippen molar-refractivity contribution in [3.8, 4) is 0 Å². The van der Waals surface area contributed by atoms with E-state index in [0.717, 1.165) is 49.1 Å². The first kappa shape index (κ1) is 14.7. The SMILES string of the molecule is Cc1nc2ncnn2c(N2CCN(c3cccc(=O)[nH]3)CC2)c1C. The minimum absolute atomic E-state index is 0.0696.